The molecule has 0 aliphatic carbocycles. The summed E-state index contributed by atoms with van der Waals surface area (Å²) in [6.45, 7) is 3.07. The lowest BCUT2D eigenvalue weighted by Gasteiger charge is -2.00. The second-order valence-electron chi connectivity index (χ2n) is 3.91. The summed E-state index contributed by atoms with van der Waals surface area (Å²) in [6.07, 6.45) is 0. The highest BCUT2D eigenvalue weighted by molar-refractivity contribution is 7.98. The zero-order chi connectivity index (χ0) is 12.8. The van der Waals surface area contributed by atoms with Gasteiger partial charge in [0.25, 0.3) is 0 Å². The lowest BCUT2D eigenvalue weighted by Crippen LogP contribution is -2.04. The van der Waals surface area contributed by atoms with E-state index in [2.05, 4.69) is 36.5 Å². The molecule has 0 unspecified atom stereocenters. The van der Waals surface area contributed by atoms with Crippen molar-refractivity contribution in [1.82, 2.24) is 10.3 Å². The Labute approximate surface area is 117 Å². The maximum atomic E-state index is 4.79. The average Bonchev–Trinajstić information content (AvgIpc) is 2.81. The molecule has 0 bridgehead atoms. The maximum Gasteiger partial charge on any atom is 0.103 e. The Morgan fingerprint density at radius 3 is 2.72 bits per heavy atom. The van der Waals surface area contributed by atoms with E-state index in [-0.39, 0.29) is 0 Å². The van der Waals surface area contributed by atoms with Crippen LogP contribution >= 0.6 is 23.1 Å². The van der Waals surface area contributed by atoms with E-state index in [1.807, 2.05) is 36.2 Å². The van der Waals surface area contributed by atoms with E-state index in [1.54, 1.807) is 0 Å². The molecule has 2 aromatic rings. The Kier molecular flexibility index (Phi) is 5.23. The molecular weight excluding hydrogens is 260 g/mol. The second-order valence-corrected chi connectivity index (χ2v) is 6.36. The standard InChI is InChI=1S/C14H18N2S2/c1-3-17-10-13-16-14(12(18-13)9-15-2)11-7-5-4-6-8-11/h4-8,15H,3,9-10H2,1-2H3. The molecule has 2 nitrogen and oxygen atoms in total. The summed E-state index contributed by atoms with van der Waals surface area (Å²) in [5, 5.41) is 4.45. The molecule has 18 heavy (non-hydrogen) atoms. The van der Waals surface area contributed by atoms with Gasteiger partial charge in [-0.2, -0.15) is 11.8 Å². The topological polar surface area (TPSA) is 24.9 Å². The summed E-state index contributed by atoms with van der Waals surface area (Å²) in [6, 6.07) is 10.4. The SMILES string of the molecule is CCSCc1nc(-c2ccccc2)c(CNC)s1. The van der Waals surface area contributed by atoms with Crippen molar-refractivity contribution in [3.8, 4) is 11.3 Å². The molecule has 4 heteroatoms. The first-order valence-electron chi connectivity index (χ1n) is 6.11. The van der Waals surface area contributed by atoms with Crippen LogP contribution in [0.5, 0.6) is 0 Å². The van der Waals surface area contributed by atoms with Crippen molar-refractivity contribution in [3.05, 3.63) is 40.2 Å². The Morgan fingerprint density at radius 1 is 1.28 bits per heavy atom. The zero-order valence-corrected chi connectivity index (χ0v) is 12.4. The predicted octanol–water partition coefficient (Wildman–Crippen LogP) is 3.78. The number of thiazole rings is 1. The zero-order valence-electron chi connectivity index (χ0n) is 10.8. The molecule has 1 N–H and O–H groups in total. The highest BCUT2D eigenvalue weighted by atomic mass is 32.2. The lowest BCUT2D eigenvalue weighted by atomic mass is 10.1. The normalized spacial score (nSPS) is 10.8. The molecule has 1 aromatic carbocycles. The number of nitrogens with one attached hydrogen (secondary N) is 1. The van der Waals surface area contributed by atoms with Crippen molar-refractivity contribution in [2.75, 3.05) is 12.8 Å². The molecule has 96 valence electrons. The Balaban J connectivity index is 2.29. The number of rotatable bonds is 6. The van der Waals surface area contributed by atoms with Gasteiger partial charge in [0.15, 0.2) is 0 Å². The van der Waals surface area contributed by atoms with Gasteiger partial charge in [0, 0.05) is 22.7 Å². The fourth-order valence-electron chi connectivity index (χ4n) is 1.75. The molecule has 0 fully saturated rings. The fourth-order valence-corrected chi connectivity index (χ4v) is 3.58. The highest BCUT2D eigenvalue weighted by Crippen LogP contribution is 2.29. The average molecular weight is 278 g/mol. The smallest absolute Gasteiger partial charge is 0.103 e. The van der Waals surface area contributed by atoms with E-state index in [0.29, 0.717) is 0 Å². The maximum absolute atomic E-state index is 4.79. The van der Waals surface area contributed by atoms with E-state index in [1.165, 1.54) is 15.4 Å². The van der Waals surface area contributed by atoms with Crippen molar-refractivity contribution in [2.24, 2.45) is 0 Å². The first kappa shape index (κ1) is 13.6. The number of benzene rings is 1. The van der Waals surface area contributed by atoms with Crippen LogP contribution in [0.25, 0.3) is 11.3 Å². The molecule has 0 atom stereocenters. The number of hydrogen-bond donors (Lipinski definition) is 1. The predicted molar refractivity (Wildman–Crippen MR) is 82.1 cm³/mol. The van der Waals surface area contributed by atoms with Gasteiger partial charge in [-0.3, -0.25) is 0 Å². The number of aromatic nitrogens is 1. The van der Waals surface area contributed by atoms with Crippen LogP contribution in [-0.4, -0.2) is 17.8 Å². The third-order valence-electron chi connectivity index (χ3n) is 2.56. The van der Waals surface area contributed by atoms with Crippen LogP contribution in [0.15, 0.2) is 30.3 Å². The number of nitrogens with zero attached hydrogens (tertiary/aromatic N) is 1. The van der Waals surface area contributed by atoms with Crippen molar-refractivity contribution >= 4 is 23.1 Å². The Hall–Kier alpha value is -0.840. The van der Waals surface area contributed by atoms with Crippen LogP contribution in [-0.2, 0) is 12.3 Å². The van der Waals surface area contributed by atoms with Gasteiger partial charge in [0.1, 0.15) is 5.01 Å². The minimum Gasteiger partial charge on any atom is -0.315 e. The van der Waals surface area contributed by atoms with Gasteiger partial charge in [-0.25, -0.2) is 4.98 Å². The minimum atomic E-state index is 0.888. The number of thioether (sulfide) groups is 1. The van der Waals surface area contributed by atoms with Crippen molar-refractivity contribution in [1.29, 1.82) is 0 Å². The van der Waals surface area contributed by atoms with Gasteiger partial charge in [-0.15, -0.1) is 11.3 Å². The van der Waals surface area contributed by atoms with Crippen LogP contribution in [0.4, 0.5) is 0 Å². The Bertz CT molecular complexity index is 480. The third kappa shape index (κ3) is 3.34. The van der Waals surface area contributed by atoms with E-state index >= 15 is 0 Å². The molecule has 0 amide bonds. The first-order chi connectivity index (χ1) is 8.85. The molecule has 1 heterocycles. The number of hydrogen-bond acceptors (Lipinski definition) is 4. The molecule has 2 rings (SSSR count). The molecule has 0 aliphatic rings. The van der Waals surface area contributed by atoms with Gasteiger partial charge in [0.2, 0.25) is 0 Å². The molecular formula is C14H18N2S2. The first-order valence-corrected chi connectivity index (χ1v) is 8.08. The van der Waals surface area contributed by atoms with Crippen LogP contribution in [0, 0.1) is 0 Å². The Morgan fingerprint density at radius 2 is 2.06 bits per heavy atom. The summed E-state index contributed by atoms with van der Waals surface area (Å²) in [4.78, 5) is 6.12. The van der Waals surface area contributed by atoms with E-state index in [9.17, 15) is 0 Å². The largest absolute Gasteiger partial charge is 0.315 e. The lowest BCUT2D eigenvalue weighted by molar-refractivity contribution is 0.831. The summed E-state index contributed by atoms with van der Waals surface area (Å²) >= 11 is 3.75. The van der Waals surface area contributed by atoms with Gasteiger partial charge in [-0.1, -0.05) is 37.3 Å². The van der Waals surface area contributed by atoms with Crippen molar-refractivity contribution in [3.63, 3.8) is 0 Å². The second kappa shape index (κ2) is 6.92. The molecule has 0 saturated heterocycles. The van der Waals surface area contributed by atoms with Gasteiger partial charge < -0.3 is 5.32 Å². The van der Waals surface area contributed by atoms with Crippen LogP contribution < -0.4 is 5.32 Å². The fraction of sp³-hybridized carbons (Fsp3) is 0.357. The monoisotopic (exact) mass is 278 g/mol. The van der Waals surface area contributed by atoms with Crippen molar-refractivity contribution in [2.45, 2.75) is 19.2 Å². The highest BCUT2D eigenvalue weighted by Gasteiger charge is 2.12. The summed E-state index contributed by atoms with van der Waals surface area (Å²) in [5.74, 6) is 2.16. The molecule has 0 radical (unpaired) electrons. The summed E-state index contributed by atoms with van der Waals surface area (Å²) in [7, 11) is 1.98. The van der Waals surface area contributed by atoms with Crippen LogP contribution in [0.3, 0.4) is 0 Å². The van der Waals surface area contributed by atoms with Crippen LogP contribution in [0.2, 0.25) is 0 Å². The summed E-state index contributed by atoms with van der Waals surface area (Å²) < 4.78 is 0. The summed E-state index contributed by atoms with van der Waals surface area (Å²) in [5.41, 5.74) is 2.36. The van der Waals surface area contributed by atoms with Gasteiger partial charge in [-0.05, 0) is 12.8 Å². The van der Waals surface area contributed by atoms with Gasteiger partial charge in [0.05, 0.1) is 5.69 Å². The molecule has 0 spiro atoms. The van der Waals surface area contributed by atoms with E-state index in [0.717, 1.165) is 23.7 Å². The minimum absolute atomic E-state index is 0.888. The molecule has 0 aliphatic heterocycles. The third-order valence-corrected chi connectivity index (χ3v) is 4.68. The van der Waals surface area contributed by atoms with E-state index < -0.39 is 0 Å². The quantitative estimate of drug-likeness (QED) is 0.870. The van der Waals surface area contributed by atoms with E-state index in [4.69, 9.17) is 4.98 Å². The van der Waals surface area contributed by atoms with Crippen molar-refractivity contribution < 1.29 is 0 Å². The van der Waals surface area contributed by atoms with Crippen LogP contribution in [0.1, 0.15) is 16.8 Å². The van der Waals surface area contributed by atoms with Gasteiger partial charge >= 0.3 is 0 Å². The molecule has 1 aromatic heterocycles. The molecule has 0 saturated carbocycles.